The van der Waals surface area contributed by atoms with E-state index >= 15 is 0 Å². The SMILES string of the molecule is CCNc1ncccc1CN1CC(C)OC(CO)C1. The third-order valence-electron chi connectivity index (χ3n) is 3.23. The van der Waals surface area contributed by atoms with E-state index in [2.05, 4.69) is 28.2 Å². The van der Waals surface area contributed by atoms with Crippen LogP contribution in [-0.4, -0.2) is 53.4 Å². The number of hydrogen-bond donors (Lipinski definition) is 2. The molecule has 1 aliphatic rings. The van der Waals surface area contributed by atoms with Crippen LogP contribution in [0, 0.1) is 0 Å². The summed E-state index contributed by atoms with van der Waals surface area (Å²) >= 11 is 0. The van der Waals surface area contributed by atoms with Gasteiger partial charge in [0.2, 0.25) is 0 Å². The zero-order chi connectivity index (χ0) is 13.7. The molecule has 2 rings (SSSR count). The highest BCUT2D eigenvalue weighted by Crippen LogP contribution is 2.18. The van der Waals surface area contributed by atoms with Crippen molar-refractivity contribution in [3.63, 3.8) is 0 Å². The van der Waals surface area contributed by atoms with E-state index in [1.807, 2.05) is 13.0 Å². The molecule has 1 fully saturated rings. The van der Waals surface area contributed by atoms with Gasteiger partial charge in [-0.1, -0.05) is 6.07 Å². The van der Waals surface area contributed by atoms with Crippen LogP contribution in [0.3, 0.4) is 0 Å². The monoisotopic (exact) mass is 265 g/mol. The van der Waals surface area contributed by atoms with Gasteiger partial charge in [-0.25, -0.2) is 4.98 Å². The molecule has 1 aromatic rings. The van der Waals surface area contributed by atoms with Crippen LogP contribution in [0.15, 0.2) is 18.3 Å². The first-order valence-corrected chi connectivity index (χ1v) is 6.89. The van der Waals surface area contributed by atoms with Gasteiger partial charge in [0, 0.05) is 37.9 Å². The molecule has 0 radical (unpaired) electrons. The Morgan fingerprint density at radius 1 is 1.53 bits per heavy atom. The highest BCUT2D eigenvalue weighted by Gasteiger charge is 2.25. The lowest BCUT2D eigenvalue weighted by Gasteiger charge is -2.36. The van der Waals surface area contributed by atoms with Crippen LogP contribution in [0.2, 0.25) is 0 Å². The lowest BCUT2D eigenvalue weighted by molar-refractivity contribution is -0.0972. The van der Waals surface area contributed by atoms with Gasteiger partial charge in [0.1, 0.15) is 5.82 Å². The molecule has 5 heteroatoms. The number of ether oxygens (including phenoxy) is 1. The van der Waals surface area contributed by atoms with Crippen molar-refractivity contribution in [2.45, 2.75) is 32.6 Å². The molecule has 5 nitrogen and oxygen atoms in total. The van der Waals surface area contributed by atoms with Gasteiger partial charge >= 0.3 is 0 Å². The average molecular weight is 265 g/mol. The van der Waals surface area contributed by atoms with E-state index in [-0.39, 0.29) is 18.8 Å². The van der Waals surface area contributed by atoms with Crippen molar-refractivity contribution in [3.05, 3.63) is 23.9 Å². The molecule has 1 saturated heterocycles. The number of anilines is 1. The van der Waals surface area contributed by atoms with Gasteiger partial charge in [0.15, 0.2) is 0 Å². The summed E-state index contributed by atoms with van der Waals surface area (Å²) in [6, 6.07) is 4.06. The predicted molar refractivity (Wildman–Crippen MR) is 75.1 cm³/mol. The van der Waals surface area contributed by atoms with Gasteiger partial charge in [-0.2, -0.15) is 0 Å². The van der Waals surface area contributed by atoms with Gasteiger partial charge in [0.25, 0.3) is 0 Å². The Kier molecular flexibility index (Phi) is 5.13. The number of rotatable bonds is 5. The van der Waals surface area contributed by atoms with Crippen molar-refractivity contribution >= 4 is 5.82 Å². The standard InChI is InChI=1S/C14H23N3O2/c1-3-15-14-12(5-4-6-16-14)8-17-7-11(2)19-13(9-17)10-18/h4-6,11,13,18H,3,7-10H2,1-2H3,(H,15,16). The van der Waals surface area contributed by atoms with Crippen LogP contribution in [-0.2, 0) is 11.3 Å². The van der Waals surface area contributed by atoms with Gasteiger partial charge in [-0.05, 0) is 19.9 Å². The van der Waals surface area contributed by atoms with Crippen LogP contribution in [0.5, 0.6) is 0 Å². The van der Waals surface area contributed by atoms with Crippen molar-refractivity contribution in [2.24, 2.45) is 0 Å². The molecular formula is C14H23N3O2. The number of nitrogens with zero attached hydrogens (tertiary/aromatic N) is 2. The Morgan fingerprint density at radius 3 is 3.11 bits per heavy atom. The van der Waals surface area contributed by atoms with E-state index in [1.165, 1.54) is 5.56 Å². The third-order valence-corrected chi connectivity index (χ3v) is 3.23. The lowest BCUT2D eigenvalue weighted by atomic mass is 10.1. The minimum absolute atomic E-state index is 0.0773. The average Bonchev–Trinajstić information content (AvgIpc) is 2.40. The molecule has 1 aromatic heterocycles. The van der Waals surface area contributed by atoms with E-state index in [0.29, 0.717) is 0 Å². The molecule has 0 aliphatic carbocycles. The number of aromatic nitrogens is 1. The molecule has 106 valence electrons. The summed E-state index contributed by atoms with van der Waals surface area (Å²) in [5.41, 5.74) is 1.19. The van der Waals surface area contributed by atoms with Crippen LogP contribution >= 0.6 is 0 Å². The molecule has 0 saturated carbocycles. The maximum absolute atomic E-state index is 9.26. The molecule has 2 heterocycles. The normalized spacial score (nSPS) is 24.4. The molecule has 0 spiro atoms. The molecule has 19 heavy (non-hydrogen) atoms. The van der Waals surface area contributed by atoms with Crippen LogP contribution < -0.4 is 5.32 Å². The van der Waals surface area contributed by atoms with Gasteiger partial charge in [-0.15, -0.1) is 0 Å². The van der Waals surface area contributed by atoms with Crippen molar-refractivity contribution in [1.29, 1.82) is 0 Å². The van der Waals surface area contributed by atoms with Crippen molar-refractivity contribution in [1.82, 2.24) is 9.88 Å². The second-order valence-electron chi connectivity index (χ2n) is 4.99. The van der Waals surface area contributed by atoms with Crippen LogP contribution in [0.1, 0.15) is 19.4 Å². The number of aliphatic hydroxyl groups is 1. The van der Waals surface area contributed by atoms with E-state index < -0.39 is 0 Å². The second kappa shape index (κ2) is 6.84. The predicted octanol–water partition coefficient (Wildman–Crippen LogP) is 1.09. The summed E-state index contributed by atoms with van der Waals surface area (Å²) in [7, 11) is 0. The maximum Gasteiger partial charge on any atom is 0.130 e. The topological polar surface area (TPSA) is 57.6 Å². The van der Waals surface area contributed by atoms with Gasteiger partial charge < -0.3 is 15.2 Å². The number of aliphatic hydroxyl groups excluding tert-OH is 1. The maximum atomic E-state index is 9.26. The first-order chi connectivity index (χ1) is 9.22. The number of hydrogen-bond acceptors (Lipinski definition) is 5. The van der Waals surface area contributed by atoms with Crippen molar-refractivity contribution < 1.29 is 9.84 Å². The van der Waals surface area contributed by atoms with Gasteiger partial charge in [0.05, 0.1) is 18.8 Å². The van der Waals surface area contributed by atoms with Crippen LogP contribution in [0.4, 0.5) is 5.82 Å². The molecule has 0 amide bonds. The molecule has 2 atom stereocenters. The zero-order valence-corrected chi connectivity index (χ0v) is 11.7. The van der Waals surface area contributed by atoms with E-state index in [0.717, 1.165) is 32.0 Å². The Hall–Kier alpha value is -1.17. The Labute approximate surface area is 114 Å². The molecule has 0 bridgehead atoms. The first kappa shape index (κ1) is 14.2. The summed E-state index contributed by atoms with van der Waals surface area (Å²) < 4.78 is 5.66. The molecule has 2 N–H and O–H groups in total. The van der Waals surface area contributed by atoms with Crippen LogP contribution in [0.25, 0.3) is 0 Å². The Balaban J connectivity index is 2.03. The van der Waals surface area contributed by atoms with E-state index in [1.54, 1.807) is 6.20 Å². The summed E-state index contributed by atoms with van der Waals surface area (Å²) in [6.45, 7) is 7.54. The minimum atomic E-state index is -0.0806. The summed E-state index contributed by atoms with van der Waals surface area (Å²) in [5, 5.41) is 12.5. The molecule has 0 aromatic carbocycles. The summed E-state index contributed by atoms with van der Waals surface area (Å²) in [4.78, 5) is 6.69. The summed E-state index contributed by atoms with van der Waals surface area (Å²) in [5.74, 6) is 0.949. The molecule has 1 aliphatic heterocycles. The number of pyridine rings is 1. The minimum Gasteiger partial charge on any atom is -0.394 e. The Bertz CT molecular complexity index is 400. The van der Waals surface area contributed by atoms with E-state index in [4.69, 9.17) is 4.74 Å². The molecular weight excluding hydrogens is 242 g/mol. The lowest BCUT2D eigenvalue weighted by Crippen LogP contribution is -2.47. The fraction of sp³-hybridized carbons (Fsp3) is 0.643. The highest BCUT2D eigenvalue weighted by atomic mass is 16.5. The number of morpholine rings is 1. The second-order valence-corrected chi connectivity index (χ2v) is 4.99. The van der Waals surface area contributed by atoms with Gasteiger partial charge in [-0.3, -0.25) is 4.90 Å². The number of nitrogens with one attached hydrogen (secondary N) is 1. The van der Waals surface area contributed by atoms with E-state index in [9.17, 15) is 5.11 Å². The summed E-state index contributed by atoms with van der Waals surface area (Å²) in [6.07, 6.45) is 1.88. The quantitative estimate of drug-likeness (QED) is 0.835. The highest BCUT2D eigenvalue weighted by molar-refractivity contribution is 5.43. The molecule has 2 unspecified atom stereocenters. The fourth-order valence-electron chi connectivity index (χ4n) is 2.50. The van der Waals surface area contributed by atoms with Crippen molar-refractivity contribution in [2.75, 3.05) is 31.6 Å². The smallest absolute Gasteiger partial charge is 0.130 e. The largest absolute Gasteiger partial charge is 0.394 e. The Morgan fingerprint density at radius 2 is 2.37 bits per heavy atom. The third kappa shape index (κ3) is 3.89. The van der Waals surface area contributed by atoms with Crippen molar-refractivity contribution in [3.8, 4) is 0 Å². The zero-order valence-electron chi connectivity index (χ0n) is 11.7. The first-order valence-electron chi connectivity index (χ1n) is 6.89. The fourth-order valence-corrected chi connectivity index (χ4v) is 2.50.